The summed E-state index contributed by atoms with van der Waals surface area (Å²) in [4.78, 5) is 12.8. The highest BCUT2D eigenvalue weighted by Crippen LogP contribution is 2.33. The lowest BCUT2D eigenvalue weighted by Gasteiger charge is -2.32. The molecule has 0 aliphatic rings. The standard InChI is InChI=1S/C19H21N3O/c1-19(2,3)17(13-8-5-4-6-9-13)21-18(23)15-11-7-10-14-12-20-22-16(14)15/h4-12,17H,1-3H3,(H,20,22)(H,21,23). The zero-order valence-corrected chi connectivity index (χ0v) is 13.6. The Balaban J connectivity index is 1.94. The number of carbonyl (C=O) groups is 1. The summed E-state index contributed by atoms with van der Waals surface area (Å²) in [6.07, 6.45) is 1.73. The first-order valence-corrected chi connectivity index (χ1v) is 7.75. The van der Waals surface area contributed by atoms with Gasteiger partial charge in [0.15, 0.2) is 0 Å². The Morgan fingerprint density at radius 3 is 2.52 bits per heavy atom. The van der Waals surface area contributed by atoms with Crippen molar-refractivity contribution < 1.29 is 4.79 Å². The Morgan fingerprint density at radius 2 is 1.83 bits per heavy atom. The van der Waals surface area contributed by atoms with E-state index in [9.17, 15) is 4.79 Å². The van der Waals surface area contributed by atoms with E-state index in [1.165, 1.54) is 0 Å². The van der Waals surface area contributed by atoms with E-state index in [0.717, 1.165) is 16.5 Å². The second-order valence-corrected chi connectivity index (χ2v) is 6.82. The van der Waals surface area contributed by atoms with E-state index in [-0.39, 0.29) is 17.4 Å². The fraction of sp³-hybridized carbons (Fsp3) is 0.263. The van der Waals surface area contributed by atoms with Crippen molar-refractivity contribution in [3.05, 3.63) is 65.9 Å². The molecule has 1 amide bonds. The number of rotatable bonds is 3. The van der Waals surface area contributed by atoms with Gasteiger partial charge in [0.1, 0.15) is 0 Å². The molecule has 2 N–H and O–H groups in total. The number of hydrogen-bond acceptors (Lipinski definition) is 2. The van der Waals surface area contributed by atoms with E-state index in [0.29, 0.717) is 5.56 Å². The van der Waals surface area contributed by atoms with Crippen LogP contribution < -0.4 is 5.32 Å². The minimum Gasteiger partial charge on any atom is -0.345 e. The number of aromatic amines is 1. The van der Waals surface area contributed by atoms with Gasteiger partial charge in [-0.3, -0.25) is 9.89 Å². The van der Waals surface area contributed by atoms with Gasteiger partial charge < -0.3 is 5.32 Å². The number of nitrogens with one attached hydrogen (secondary N) is 2. The Bertz CT molecular complexity index is 815. The summed E-state index contributed by atoms with van der Waals surface area (Å²) in [6.45, 7) is 6.38. The fourth-order valence-corrected chi connectivity index (χ4v) is 2.81. The van der Waals surface area contributed by atoms with Crippen LogP contribution in [0.1, 0.15) is 42.7 Å². The summed E-state index contributed by atoms with van der Waals surface area (Å²) in [5.41, 5.74) is 2.39. The maximum absolute atomic E-state index is 12.8. The average Bonchev–Trinajstić information content (AvgIpc) is 3.00. The van der Waals surface area contributed by atoms with Gasteiger partial charge in [0.25, 0.3) is 5.91 Å². The van der Waals surface area contributed by atoms with Crippen LogP contribution >= 0.6 is 0 Å². The summed E-state index contributed by atoms with van der Waals surface area (Å²) in [5, 5.41) is 11.1. The SMILES string of the molecule is CC(C)(C)C(NC(=O)c1cccc2cn[nH]c12)c1ccccc1. The van der Waals surface area contributed by atoms with Gasteiger partial charge in [0.05, 0.1) is 23.3 Å². The smallest absolute Gasteiger partial charge is 0.253 e. The maximum Gasteiger partial charge on any atom is 0.253 e. The Kier molecular flexibility index (Phi) is 3.90. The van der Waals surface area contributed by atoms with E-state index in [2.05, 4.69) is 36.3 Å². The molecule has 0 spiro atoms. The van der Waals surface area contributed by atoms with E-state index < -0.39 is 0 Å². The largest absolute Gasteiger partial charge is 0.345 e. The quantitative estimate of drug-likeness (QED) is 0.766. The molecule has 1 unspecified atom stereocenters. The van der Waals surface area contributed by atoms with Crippen molar-refractivity contribution in [2.75, 3.05) is 0 Å². The summed E-state index contributed by atoms with van der Waals surface area (Å²) >= 11 is 0. The molecular weight excluding hydrogens is 286 g/mol. The Labute approximate surface area is 135 Å². The highest BCUT2D eigenvalue weighted by Gasteiger charge is 2.28. The molecule has 3 aromatic rings. The third-order valence-corrected chi connectivity index (χ3v) is 4.00. The van der Waals surface area contributed by atoms with Crippen LogP contribution in [-0.4, -0.2) is 16.1 Å². The topological polar surface area (TPSA) is 57.8 Å². The molecule has 0 radical (unpaired) electrons. The first kappa shape index (κ1) is 15.3. The van der Waals surface area contributed by atoms with Gasteiger partial charge in [0, 0.05) is 5.39 Å². The summed E-state index contributed by atoms with van der Waals surface area (Å²) in [6, 6.07) is 15.6. The molecule has 2 aromatic carbocycles. The minimum atomic E-state index is -0.0983. The summed E-state index contributed by atoms with van der Waals surface area (Å²) in [7, 11) is 0. The molecule has 0 saturated heterocycles. The van der Waals surface area contributed by atoms with Crippen LogP contribution in [-0.2, 0) is 0 Å². The van der Waals surface area contributed by atoms with Gasteiger partial charge in [-0.2, -0.15) is 5.10 Å². The van der Waals surface area contributed by atoms with Crippen molar-refractivity contribution in [1.29, 1.82) is 0 Å². The molecule has 0 bridgehead atoms. The third kappa shape index (κ3) is 3.11. The predicted molar refractivity (Wildman–Crippen MR) is 92.2 cm³/mol. The number of benzene rings is 2. The molecule has 118 valence electrons. The Morgan fingerprint density at radius 1 is 1.09 bits per heavy atom. The number of carbonyl (C=O) groups excluding carboxylic acids is 1. The normalized spacial score (nSPS) is 13.0. The zero-order valence-electron chi connectivity index (χ0n) is 13.6. The molecule has 23 heavy (non-hydrogen) atoms. The maximum atomic E-state index is 12.8. The van der Waals surface area contributed by atoms with E-state index in [1.54, 1.807) is 6.20 Å². The van der Waals surface area contributed by atoms with Crippen molar-refractivity contribution >= 4 is 16.8 Å². The molecule has 4 nitrogen and oxygen atoms in total. The first-order chi connectivity index (χ1) is 11.0. The molecule has 0 saturated carbocycles. The number of amides is 1. The molecule has 0 aliphatic carbocycles. The van der Waals surface area contributed by atoms with E-state index in [4.69, 9.17) is 0 Å². The number of hydrogen-bond donors (Lipinski definition) is 2. The molecular formula is C19H21N3O. The molecule has 1 aromatic heterocycles. The number of nitrogens with zero attached hydrogens (tertiary/aromatic N) is 1. The first-order valence-electron chi connectivity index (χ1n) is 7.75. The molecule has 1 heterocycles. The van der Waals surface area contributed by atoms with Gasteiger partial charge in [-0.1, -0.05) is 63.2 Å². The second kappa shape index (κ2) is 5.88. The van der Waals surface area contributed by atoms with Crippen LogP contribution in [0, 0.1) is 5.41 Å². The van der Waals surface area contributed by atoms with Crippen LogP contribution in [0.3, 0.4) is 0 Å². The lowest BCUT2D eigenvalue weighted by atomic mass is 9.82. The van der Waals surface area contributed by atoms with Crippen molar-refractivity contribution in [2.45, 2.75) is 26.8 Å². The highest BCUT2D eigenvalue weighted by atomic mass is 16.1. The van der Waals surface area contributed by atoms with Gasteiger partial charge in [0.2, 0.25) is 0 Å². The van der Waals surface area contributed by atoms with Crippen LogP contribution in [0.5, 0.6) is 0 Å². The monoisotopic (exact) mass is 307 g/mol. The Hall–Kier alpha value is -2.62. The summed E-state index contributed by atoms with van der Waals surface area (Å²) < 4.78 is 0. The number of para-hydroxylation sites is 1. The number of H-pyrrole nitrogens is 1. The number of aromatic nitrogens is 2. The lowest BCUT2D eigenvalue weighted by Crippen LogP contribution is -2.36. The fourth-order valence-electron chi connectivity index (χ4n) is 2.81. The average molecular weight is 307 g/mol. The van der Waals surface area contributed by atoms with Gasteiger partial charge in [-0.05, 0) is 17.0 Å². The van der Waals surface area contributed by atoms with E-state index in [1.807, 2.05) is 48.5 Å². The predicted octanol–water partition coefficient (Wildman–Crippen LogP) is 4.08. The van der Waals surface area contributed by atoms with Crippen LogP contribution in [0.2, 0.25) is 0 Å². The molecule has 3 rings (SSSR count). The zero-order chi connectivity index (χ0) is 16.4. The van der Waals surface area contributed by atoms with Gasteiger partial charge >= 0.3 is 0 Å². The van der Waals surface area contributed by atoms with Gasteiger partial charge in [-0.25, -0.2) is 0 Å². The van der Waals surface area contributed by atoms with Crippen LogP contribution in [0.4, 0.5) is 0 Å². The van der Waals surface area contributed by atoms with Gasteiger partial charge in [-0.15, -0.1) is 0 Å². The molecule has 0 fully saturated rings. The van der Waals surface area contributed by atoms with Crippen molar-refractivity contribution in [1.82, 2.24) is 15.5 Å². The molecule has 0 aliphatic heterocycles. The van der Waals surface area contributed by atoms with Crippen molar-refractivity contribution in [3.8, 4) is 0 Å². The second-order valence-electron chi connectivity index (χ2n) is 6.82. The van der Waals surface area contributed by atoms with Crippen LogP contribution in [0.15, 0.2) is 54.7 Å². The third-order valence-electron chi connectivity index (χ3n) is 4.00. The minimum absolute atomic E-state index is 0.0747. The lowest BCUT2D eigenvalue weighted by molar-refractivity contribution is 0.0903. The van der Waals surface area contributed by atoms with E-state index >= 15 is 0 Å². The molecule has 1 atom stereocenters. The number of fused-ring (bicyclic) bond motifs is 1. The highest BCUT2D eigenvalue weighted by molar-refractivity contribution is 6.05. The van der Waals surface area contributed by atoms with Crippen molar-refractivity contribution in [2.24, 2.45) is 5.41 Å². The molecule has 4 heteroatoms. The van der Waals surface area contributed by atoms with Crippen molar-refractivity contribution in [3.63, 3.8) is 0 Å². The van der Waals surface area contributed by atoms with Crippen LogP contribution in [0.25, 0.3) is 10.9 Å². The summed E-state index contributed by atoms with van der Waals surface area (Å²) in [5.74, 6) is -0.0939.